The van der Waals surface area contributed by atoms with Crippen molar-refractivity contribution in [1.29, 1.82) is 0 Å². The van der Waals surface area contributed by atoms with Crippen molar-refractivity contribution in [2.45, 2.75) is 44.9 Å². The van der Waals surface area contributed by atoms with E-state index in [2.05, 4.69) is 16.9 Å². The van der Waals surface area contributed by atoms with Crippen molar-refractivity contribution in [2.75, 3.05) is 31.6 Å². The molecule has 2 rings (SSSR count). The number of piperidine rings is 1. The lowest BCUT2D eigenvalue weighted by Crippen LogP contribution is -2.34. The standard InChI is InChI=1S/C15H28N2OS/c1-19-11-5-3-2-4-8-17-14(18)13-12-15(13)6-9-16-10-7-15/h13,16H,2-12H2,1H3,(H,17,18). The molecule has 0 aromatic carbocycles. The molecule has 2 aliphatic rings. The lowest BCUT2D eigenvalue weighted by Gasteiger charge is -2.23. The van der Waals surface area contributed by atoms with E-state index in [0.717, 1.165) is 32.5 Å². The van der Waals surface area contributed by atoms with Gasteiger partial charge in [0.15, 0.2) is 0 Å². The van der Waals surface area contributed by atoms with Gasteiger partial charge < -0.3 is 10.6 Å². The summed E-state index contributed by atoms with van der Waals surface area (Å²) in [5.74, 6) is 1.92. The molecule has 0 bridgehead atoms. The third-order valence-electron chi connectivity index (χ3n) is 4.68. The van der Waals surface area contributed by atoms with E-state index in [9.17, 15) is 4.79 Å². The number of carbonyl (C=O) groups excluding carboxylic acids is 1. The largest absolute Gasteiger partial charge is 0.356 e. The van der Waals surface area contributed by atoms with Gasteiger partial charge in [0.05, 0.1) is 0 Å². The summed E-state index contributed by atoms with van der Waals surface area (Å²) < 4.78 is 0. The molecule has 2 fully saturated rings. The molecule has 4 heteroatoms. The van der Waals surface area contributed by atoms with Gasteiger partial charge in [-0.3, -0.25) is 4.79 Å². The molecule has 1 atom stereocenters. The molecule has 1 spiro atoms. The smallest absolute Gasteiger partial charge is 0.223 e. The van der Waals surface area contributed by atoms with Gasteiger partial charge in [0.1, 0.15) is 0 Å². The molecule has 2 N–H and O–H groups in total. The van der Waals surface area contributed by atoms with Crippen LogP contribution in [-0.4, -0.2) is 37.6 Å². The van der Waals surface area contributed by atoms with E-state index >= 15 is 0 Å². The first-order valence-electron chi connectivity index (χ1n) is 7.76. The summed E-state index contributed by atoms with van der Waals surface area (Å²) in [4.78, 5) is 12.1. The zero-order chi connectivity index (χ0) is 13.6. The van der Waals surface area contributed by atoms with Gasteiger partial charge in [0.25, 0.3) is 0 Å². The summed E-state index contributed by atoms with van der Waals surface area (Å²) in [6.07, 6.45) is 10.7. The lowest BCUT2D eigenvalue weighted by molar-refractivity contribution is -0.123. The quantitative estimate of drug-likeness (QED) is 0.673. The Hall–Kier alpha value is -0.220. The van der Waals surface area contributed by atoms with Crippen LogP contribution in [0.3, 0.4) is 0 Å². The van der Waals surface area contributed by atoms with Gasteiger partial charge >= 0.3 is 0 Å². The number of rotatable bonds is 8. The number of carbonyl (C=O) groups is 1. The third kappa shape index (κ3) is 4.38. The van der Waals surface area contributed by atoms with Gasteiger partial charge in [-0.25, -0.2) is 0 Å². The monoisotopic (exact) mass is 284 g/mol. The number of amides is 1. The van der Waals surface area contributed by atoms with Gasteiger partial charge in [0.2, 0.25) is 5.91 Å². The molecule has 110 valence electrons. The predicted octanol–water partition coefficient (Wildman–Crippen LogP) is 2.42. The SMILES string of the molecule is CSCCCCCCNC(=O)C1CC12CCNCC2. The fraction of sp³-hybridized carbons (Fsp3) is 0.933. The highest BCUT2D eigenvalue weighted by Crippen LogP contribution is 2.58. The van der Waals surface area contributed by atoms with E-state index in [-0.39, 0.29) is 0 Å². The van der Waals surface area contributed by atoms with Crippen molar-refractivity contribution >= 4 is 17.7 Å². The van der Waals surface area contributed by atoms with Crippen LogP contribution in [0.2, 0.25) is 0 Å². The Kier molecular flexibility index (Phi) is 6.02. The van der Waals surface area contributed by atoms with E-state index in [0.29, 0.717) is 17.2 Å². The number of hydrogen-bond acceptors (Lipinski definition) is 3. The van der Waals surface area contributed by atoms with Crippen molar-refractivity contribution in [3.63, 3.8) is 0 Å². The Morgan fingerprint density at radius 2 is 2.00 bits per heavy atom. The molecular formula is C15H28N2OS. The van der Waals surface area contributed by atoms with Crippen LogP contribution in [0.15, 0.2) is 0 Å². The van der Waals surface area contributed by atoms with E-state index in [1.165, 1.54) is 37.9 Å². The first-order valence-corrected chi connectivity index (χ1v) is 9.15. The molecule has 19 heavy (non-hydrogen) atoms. The zero-order valence-corrected chi connectivity index (χ0v) is 13.0. The summed E-state index contributed by atoms with van der Waals surface area (Å²) >= 11 is 1.92. The average molecular weight is 284 g/mol. The minimum absolute atomic E-state index is 0.325. The number of nitrogens with one attached hydrogen (secondary N) is 2. The molecule has 1 saturated carbocycles. The Morgan fingerprint density at radius 3 is 2.74 bits per heavy atom. The first kappa shape index (κ1) is 15.2. The lowest BCUT2D eigenvalue weighted by atomic mass is 9.92. The summed E-state index contributed by atoms with van der Waals surface area (Å²) in [5, 5.41) is 6.53. The van der Waals surface area contributed by atoms with E-state index in [1.807, 2.05) is 11.8 Å². The highest BCUT2D eigenvalue weighted by molar-refractivity contribution is 7.98. The zero-order valence-electron chi connectivity index (χ0n) is 12.2. The highest BCUT2D eigenvalue weighted by Gasteiger charge is 2.57. The maximum atomic E-state index is 12.1. The van der Waals surface area contributed by atoms with Crippen LogP contribution in [-0.2, 0) is 4.79 Å². The minimum Gasteiger partial charge on any atom is -0.356 e. The van der Waals surface area contributed by atoms with Crippen LogP contribution in [0.5, 0.6) is 0 Å². The van der Waals surface area contributed by atoms with Crippen molar-refractivity contribution in [3.05, 3.63) is 0 Å². The second-order valence-corrected chi connectivity index (χ2v) is 7.05. The van der Waals surface area contributed by atoms with Gasteiger partial charge in [-0.15, -0.1) is 0 Å². The van der Waals surface area contributed by atoms with E-state index < -0.39 is 0 Å². The van der Waals surface area contributed by atoms with Crippen LogP contribution in [0, 0.1) is 11.3 Å². The van der Waals surface area contributed by atoms with Crippen LogP contribution >= 0.6 is 11.8 Å². The Labute approximate surface area is 121 Å². The van der Waals surface area contributed by atoms with Crippen LogP contribution < -0.4 is 10.6 Å². The molecule has 0 aromatic heterocycles. The Morgan fingerprint density at radius 1 is 1.26 bits per heavy atom. The van der Waals surface area contributed by atoms with E-state index in [4.69, 9.17) is 0 Å². The summed E-state index contributed by atoms with van der Waals surface area (Å²) in [6.45, 7) is 3.07. The Balaban J connectivity index is 1.51. The van der Waals surface area contributed by atoms with E-state index in [1.54, 1.807) is 0 Å². The van der Waals surface area contributed by atoms with Crippen molar-refractivity contribution < 1.29 is 4.79 Å². The molecule has 0 aromatic rings. The topological polar surface area (TPSA) is 41.1 Å². The highest BCUT2D eigenvalue weighted by atomic mass is 32.2. The van der Waals surface area contributed by atoms with Crippen LogP contribution in [0.25, 0.3) is 0 Å². The number of thioether (sulfide) groups is 1. The molecule has 1 aliphatic heterocycles. The van der Waals surface area contributed by atoms with Crippen LogP contribution in [0.1, 0.15) is 44.9 Å². The average Bonchev–Trinajstić information content (AvgIpc) is 3.12. The predicted molar refractivity (Wildman–Crippen MR) is 82.5 cm³/mol. The second-order valence-electron chi connectivity index (χ2n) is 6.07. The van der Waals surface area contributed by atoms with Crippen molar-refractivity contribution in [3.8, 4) is 0 Å². The van der Waals surface area contributed by atoms with Crippen molar-refractivity contribution in [2.24, 2.45) is 11.3 Å². The molecule has 1 unspecified atom stereocenters. The molecule has 1 amide bonds. The fourth-order valence-electron chi connectivity index (χ4n) is 3.26. The maximum Gasteiger partial charge on any atom is 0.223 e. The minimum atomic E-state index is 0.325. The van der Waals surface area contributed by atoms with Crippen LogP contribution in [0.4, 0.5) is 0 Å². The van der Waals surface area contributed by atoms with Gasteiger partial charge in [-0.2, -0.15) is 11.8 Å². The second kappa shape index (κ2) is 7.53. The molecular weight excluding hydrogens is 256 g/mol. The molecule has 1 heterocycles. The number of hydrogen-bond donors (Lipinski definition) is 2. The fourth-order valence-corrected chi connectivity index (χ4v) is 3.75. The molecule has 3 nitrogen and oxygen atoms in total. The van der Waals surface area contributed by atoms with Gasteiger partial charge in [0, 0.05) is 12.5 Å². The maximum absolute atomic E-state index is 12.1. The normalized spacial score (nSPS) is 24.4. The number of unbranched alkanes of at least 4 members (excludes halogenated alkanes) is 3. The van der Waals surface area contributed by atoms with Gasteiger partial charge in [-0.1, -0.05) is 12.8 Å². The third-order valence-corrected chi connectivity index (χ3v) is 5.38. The Bertz CT molecular complexity index is 290. The molecule has 0 radical (unpaired) electrons. The van der Waals surface area contributed by atoms with Gasteiger partial charge in [-0.05, 0) is 62.6 Å². The molecule has 1 aliphatic carbocycles. The van der Waals surface area contributed by atoms with Crippen molar-refractivity contribution in [1.82, 2.24) is 10.6 Å². The summed E-state index contributed by atoms with van der Waals surface area (Å²) in [5.41, 5.74) is 0.383. The first-order chi connectivity index (χ1) is 9.28. The molecule has 1 saturated heterocycles. The summed E-state index contributed by atoms with van der Waals surface area (Å²) in [6, 6.07) is 0. The summed E-state index contributed by atoms with van der Waals surface area (Å²) in [7, 11) is 0.